The second-order valence-corrected chi connectivity index (χ2v) is 40.2. The molecule has 24 rings (SSSR count). The fourth-order valence-electron chi connectivity index (χ4n) is 22.1. The predicted molar refractivity (Wildman–Crippen MR) is 511 cm³/mol. The number of nitrogens with zero attached hydrogens (tertiary/aromatic N) is 8. The standard InChI is InChI=1S/C18H20N2O4.C18H20N2O3.2C18H21NO2S.2C16H17NO2S/c1-23-17-12-9-20-6-5-13-11(8-16(22)18(19-13)24-2)14(20)7-10(12)3-4-15(17)21;1-22-17-6-4-12-14(19-17)7-8-20-10-13-11(9-15(12)20)3-5-16(21)18(13)23-2;2*1-3-13-6-12-10-19-5-4-11-7-17(21-2)16(20)8-14(11)15(19)9-18(12)22-13;2*1-19-15-6-10-2-4-17-9-11-3-5-20-16(11)8-13(17)12(10)7-14(15)18/h3-4,8,14,21-22H,5-7,9H2,1-2H3;3-6,15,21H,7-10H2,1-2H3;2*6-8,15,20H,3-5,9-10H2,1-2H3;2*3,5-7,13,18H,2,4,8-9H2,1H3/t14-;3*15-;2*13-/m001010/s1. The third-order valence-corrected chi connectivity index (χ3v) is 33.5. The van der Waals surface area contributed by atoms with Crippen LogP contribution in [-0.2, 0) is 129 Å². The Morgan fingerprint density at radius 2 is 0.649 bits per heavy atom. The molecule has 12 aromatic rings. The van der Waals surface area contributed by atoms with Gasteiger partial charge >= 0.3 is 0 Å². The molecule has 23 nitrogen and oxygen atoms in total. The number of phenolic OH excluding ortho intramolecular Hbond substituents is 6. The number of methoxy groups -OCH3 is 8. The molecular weight excluding hydrogens is 1730 g/mol. The molecule has 18 heterocycles. The van der Waals surface area contributed by atoms with Crippen molar-refractivity contribution in [2.45, 2.75) is 179 Å². The van der Waals surface area contributed by atoms with Crippen LogP contribution in [0, 0.1) is 0 Å². The topological polar surface area (TPSA) is 261 Å². The molecular formula is C104H116N8O15S4. The second-order valence-electron chi connectivity index (χ2n) is 35.8. The number of aryl methyl sites for hydroxylation is 2. The third kappa shape index (κ3) is 17.5. The summed E-state index contributed by atoms with van der Waals surface area (Å²) in [5.41, 5.74) is 25.4. The summed E-state index contributed by atoms with van der Waals surface area (Å²) in [7, 11) is 12.8. The SMILES string of the molecule is CCc1cc2c(s1)C[C@@H]1c3cc(O)c(OC)cc3CCN1C2.CCc1cc2c(s1)C[C@H]1c3cc(O)c(OC)cc3CCN1C2.COc1cc2c(cc1O)[C@@H]1Cc3sccc3CN1CC2.COc1cc2c(cc1O)[C@H]1Cc3sccc3CN1CC2.COc1ccc2c(n1)CCN1Cc3c(ccc(O)c3OC)C[C@@H]21.COc1nc2c(cc1O)[C@@H]1Cc3ccc(O)c(OC)c3CN1CC2. The number of aromatic hydroxyl groups is 7. The Morgan fingerprint density at radius 3 is 1.02 bits per heavy atom. The summed E-state index contributed by atoms with van der Waals surface area (Å²) in [6, 6.07) is 40.3. The molecule has 12 aliphatic rings. The Labute approximate surface area is 781 Å². The van der Waals surface area contributed by atoms with Crippen molar-refractivity contribution >= 4 is 45.3 Å². The van der Waals surface area contributed by atoms with Crippen LogP contribution in [0.15, 0.2) is 126 Å². The first-order valence-corrected chi connectivity index (χ1v) is 49.0. The first-order valence-electron chi connectivity index (χ1n) is 45.6. The van der Waals surface area contributed by atoms with Crippen LogP contribution in [-0.4, -0.2) is 171 Å². The zero-order chi connectivity index (χ0) is 90.7. The fraction of sp³-hybridized carbons (Fsp3) is 0.404. The average Bonchev–Trinajstić information content (AvgIpc) is 1.65. The number of rotatable bonds is 10. The third-order valence-electron chi connectivity index (χ3n) is 28.9. The van der Waals surface area contributed by atoms with Crippen molar-refractivity contribution in [1.82, 2.24) is 39.4 Å². The molecule has 0 unspecified atom stereocenters. The summed E-state index contributed by atoms with van der Waals surface area (Å²) in [6.45, 7) is 16.3. The molecule has 6 atom stereocenters. The Hall–Kier alpha value is -10.8. The highest BCUT2D eigenvalue weighted by atomic mass is 32.1. The summed E-state index contributed by atoms with van der Waals surface area (Å²) < 4.78 is 42.2. The quantitative estimate of drug-likeness (QED) is 0.0671. The Bertz CT molecular complexity index is 6020. The van der Waals surface area contributed by atoms with Crippen LogP contribution in [0.5, 0.6) is 86.5 Å². The highest BCUT2D eigenvalue weighted by Gasteiger charge is 2.42. The van der Waals surface area contributed by atoms with Gasteiger partial charge in [-0.25, -0.2) is 9.97 Å². The van der Waals surface area contributed by atoms with E-state index in [2.05, 4.69) is 94.3 Å². The van der Waals surface area contributed by atoms with Crippen molar-refractivity contribution in [3.63, 3.8) is 0 Å². The van der Waals surface area contributed by atoms with Gasteiger partial charge in [0.15, 0.2) is 74.7 Å². The maximum Gasteiger partial charge on any atom is 0.256 e. The normalized spacial score (nSPS) is 20.1. The number of phenols is 6. The monoisotopic (exact) mass is 1840 g/mol. The lowest BCUT2D eigenvalue weighted by Crippen LogP contribution is -2.39. The zero-order valence-corrected chi connectivity index (χ0v) is 79.3. The Morgan fingerprint density at radius 1 is 0.298 bits per heavy atom. The van der Waals surface area contributed by atoms with Gasteiger partial charge in [-0.15, -0.1) is 45.3 Å². The zero-order valence-electron chi connectivity index (χ0n) is 76.1. The van der Waals surface area contributed by atoms with Crippen LogP contribution in [0.1, 0.15) is 191 Å². The molecule has 0 aliphatic carbocycles. The van der Waals surface area contributed by atoms with E-state index in [1.54, 1.807) is 68.0 Å². The number of aromatic nitrogens is 2. The number of hydrogen-bond donors (Lipinski definition) is 7. The highest BCUT2D eigenvalue weighted by molar-refractivity contribution is 7.12. The number of hydrogen-bond acceptors (Lipinski definition) is 27. The highest BCUT2D eigenvalue weighted by Crippen LogP contribution is 2.52. The van der Waals surface area contributed by atoms with E-state index in [9.17, 15) is 35.7 Å². The Balaban J connectivity index is 0.000000102. The van der Waals surface area contributed by atoms with Gasteiger partial charge in [0.25, 0.3) is 5.88 Å². The lowest BCUT2D eigenvalue weighted by molar-refractivity contribution is 0.155. The summed E-state index contributed by atoms with van der Waals surface area (Å²) in [4.78, 5) is 33.1. The summed E-state index contributed by atoms with van der Waals surface area (Å²) in [5, 5.41) is 75.0. The van der Waals surface area contributed by atoms with E-state index in [4.69, 9.17) is 37.9 Å². The van der Waals surface area contributed by atoms with E-state index < -0.39 is 0 Å². The van der Waals surface area contributed by atoms with E-state index in [0.29, 0.717) is 77.1 Å². The fourth-order valence-corrected chi connectivity index (χ4v) is 26.3. The van der Waals surface area contributed by atoms with E-state index in [1.165, 1.54) is 114 Å². The number of thiophene rings is 4. The van der Waals surface area contributed by atoms with Crippen molar-refractivity contribution in [1.29, 1.82) is 0 Å². The van der Waals surface area contributed by atoms with Crippen molar-refractivity contribution in [2.24, 2.45) is 0 Å². The molecule has 0 radical (unpaired) electrons. The number of benzene rings is 6. The maximum absolute atomic E-state index is 10.2. The molecule has 131 heavy (non-hydrogen) atoms. The smallest absolute Gasteiger partial charge is 0.256 e. The number of pyridine rings is 2. The van der Waals surface area contributed by atoms with Gasteiger partial charge in [0.05, 0.1) is 68.3 Å². The van der Waals surface area contributed by atoms with Gasteiger partial charge in [-0.05, 0) is 242 Å². The summed E-state index contributed by atoms with van der Waals surface area (Å²) >= 11 is 7.63. The van der Waals surface area contributed by atoms with Crippen molar-refractivity contribution in [3.05, 3.63) is 267 Å². The maximum atomic E-state index is 10.2. The molecule has 6 aromatic heterocycles. The lowest BCUT2D eigenvalue weighted by Gasteiger charge is -2.41. The van der Waals surface area contributed by atoms with Gasteiger partial charge in [0.2, 0.25) is 5.88 Å². The molecule has 12 aliphatic heterocycles. The van der Waals surface area contributed by atoms with Gasteiger partial charge in [-0.1, -0.05) is 32.0 Å². The minimum atomic E-state index is 0.0761. The van der Waals surface area contributed by atoms with Gasteiger partial charge < -0.3 is 73.6 Å². The Kier molecular flexibility index (Phi) is 26.0. The number of ether oxygens (including phenoxy) is 8. The predicted octanol–water partition coefficient (Wildman–Crippen LogP) is 18.2. The van der Waals surface area contributed by atoms with Crippen LogP contribution in [0.3, 0.4) is 0 Å². The number of fused-ring (bicyclic) bond motifs is 24. The summed E-state index contributed by atoms with van der Waals surface area (Å²) in [5.74, 6) is 5.99. The van der Waals surface area contributed by atoms with Crippen LogP contribution >= 0.6 is 45.3 Å². The van der Waals surface area contributed by atoms with Crippen LogP contribution < -0.4 is 37.9 Å². The first-order chi connectivity index (χ1) is 63.7. The van der Waals surface area contributed by atoms with E-state index >= 15 is 0 Å². The molecule has 27 heteroatoms. The molecule has 0 amide bonds. The second kappa shape index (κ2) is 38.0. The molecule has 686 valence electrons. The van der Waals surface area contributed by atoms with Crippen molar-refractivity contribution < 1.29 is 73.6 Å². The van der Waals surface area contributed by atoms with Crippen LogP contribution in [0.25, 0.3) is 0 Å². The van der Waals surface area contributed by atoms with E-state index in [0.717, 1.165) is 196 Å². The van der Waals surface area contributed by atoms with E-state index in [1.807, 2.05) is 112 Å². The van der Waals surface area contributed by atoms with Crippen molar-refractivity contribution in [3.8, 4) is 86.5 Å². The summed E-state index contributed by atoms with van der Waals surface area (Å²) in [6.07, 6.45) is 14.1. The molecule has 0 saturated heterocycles. The van der Waals surface area contributed by atoms with Crippen LogP contribution in [0.4, 0.5) is 0 Å². The molecule has 6 aromatic carbocycles. The van der Waals surface area contributed by atoms with Crippen molar-refractivity contribution in [2.75, 3.05) is 96.1 Å². The molecule has 0 spiro atoms. The van der Waals surface area contributed by atoms with Gasteiger partial charge in [-0.2, -0.15) is 0 Å². The minimum Gasteiger partial charge on any atom is -0.504 e. The molecule has 0 saturated carbocycles. The van der Waals surface area contributed by atoms with Crippen LogP contribution in [0.2, 0.25) is 0 Å². The largest absolute Gasteiger partial charge is 0.504 e. The lowest BCUT2D eigenvalue weighted by atomic mass is 9.85. The molecule has 0 fully saturated rings. The molecule has 0 bridgehead atoms. The van der Waals surface area contributed by atoms with Gasteiger partial charge in [0, 0.05) is 200 Å². The van der Waals surface area contributed by atoms with Gasteiger partial charge in [-0.3, -0.25) is 29.4 Å². The molecule has 7 N–H and O–H groups in total. The van der Waals surface area contributed by atoms with Gasteiger partial charge in [0.1, 0.15) is 0 Å². The first kappa shape index (κ1) is 89.4. The average molecular weight is 1850 g/mol. The van der Waals surface area contributed by atoms with E-state index in [-0.39, 0.29) is 52.2 Å². The minimum absolute atomic E-state index is 0.0761.